The van der Waals surface area contributed by atoms with Gasteiger partial charge in [-0.25, -0.2) is 0 Å². The van der Waals surface area contributed by atoms with Gasteiger partial charge in [-0.3, -0.25) is 9.69 Å². The summed E-state index contributed by atoms with van der Waals surface area (Å²) in [5.41, 5.74) is 2.57. The van der Waals surface area contributed by atoms with Crippen molar-refractivity contribution in [3.8, 4) is 10.4 Å². The number of carbonyl (C=O) groups is 1. The first-order valence-corrected chi connectivity index (χ1v) is 13.0. The molecule has 0 radical (unpaired) electrons. The van der Waals surface area contributed by atoms with E-state index in [-0.39, 0.29) is 23.5 Å². The maximum absolute atomic E-state index is 14.2. The summed E-state index contributed by atoms with van der Waals surface area (Å²) in [6, 6.07) is 8.83. The average molecular weight is 520 g/mol. The molecule has 3 aliphatic rings. The summed E-state index contributed by atoms with van der Waals surface area (Å²) in [7, 11) is 1.79. The minimum Gasteiger partial charge on any atom is -0.381 e. The predicted octanol–water partition coefficient (Wildman–Crippen LogP) is 5.63. The number of nitrogens with one attached hydrogen (secondary N) is 1. The van der Waals surface area contributed by atoms with Crippen LogP contribution in [0.2, 0.25) is 0 Å². The van der Waals surface area contributed by atoms with E-state index in [9.17, 15) is 4.79 Å². The lowest BCUT2D eigenvalue weighted by molar-refractivity contribution is -0.139. The van der Waals surface area contributed by atoms with Crippen molar-refractivity contribution >= 4 is 50.5 Å². The Labute approximate surface area is 201 Å². The second-order valence-electron chi connectivity index (χ2n) is 9.34. The van der Waals surface area contributed by atoms with Crippen molar-refractivity contribution in [2.75, 3.05) is 7.11 Å². The molecule has 2 spiro atoms. The van der Waals surface area contributed by atoms with Crippen LogP contribution in [0.25, 0.3) is 10.4 Å². The van der Waals surface area contributed by atoms with Gasteiger partial charge in [0.1, 0.15) is 0 Å². The number of hydrogen-bond donors (Lipinski definition) is 1. The molecule has 1 aromatic carbocycles. The highest BCUT2D eigenvalue weighted by Gasteiger charge is 2.67. The molecule has 164 valence electrons. The molecule has 2 fully saturated rings. The van der Waals surface area contributed by atoms with Crippen molar-refractivity contribution < 1.29 is 9.53 Å². The normalized spacial score (nSPS) is 30.0. The first-order valence-electron chi connectivity index (χ1n) is 10.9. The molecule has 31 heavy (non-hydrogen) atoms. The Kier molecular flexibility index (Phi) is 5.32. The Bertz CT molecular complexity index is 1060. The van der Waals surface area contributed by atoms with Gasteiger partial charge in [-0.2, -0.15) is 0 Å². The zero-order valence-electron chi connectivity index (χ0n) is 18.0. The van der Waals surface area contributed by atoms with Crippen LogP contribution in [0.1, 0.15) is 50.7 Å². The Morgan fingerprint density at radius 3 is 2.61 bits per heavy atom. The maximum Gasteiger partial charge on any atom is 0.259 e. The topological polar surface area (TPSA) is 41.6 Å². The number of carbonyl (C=O) groups excluding carboxylic acids is 1. The third-order valence-electron chi connectivity index (χ3n) is 7.48. The Morgan fingerprint density at radius 1 is 1.29 bits per heavy atom. The average Bonchev–Trinajstić information content (AvgIpc) is 3.37. The highest BCUT2D eigenvalue weighted by atomic mass is 79.9. The van der Waals surface area contributed by atoms with Gasteiger partial charge in [-0.05, 0) is 103 Å². The number of amides is 1. The summed E-state index contributed by atoms with van der Waals surface area (Å²) in [5.74, 6) is 0.117. The monoisotopic (exact) mass is 518 g/mol. The number of thiocarbonyl (C=S) groups is 1. The maximum atomic E-state index is 14.2. The smallest absolute Gasteiger partial charge is 0.259 e. The Balaban J connectivity index is 1.67. The number of hydrogen-bond acceptors (Lipinski definition) is 4. The van der Waals surface area contributed by atoms with E-state index in [1.807, 2.05) is 13.8 Å². The molecule has 2 aliphatic carbocycles. The van der Waals surface area contributed by atoms with Crippen molar-refractivity contribution in [1.82, 2.24) is 10.2 Å². The van der Waals surface area contributed by atoms with Gasteiger partial charge in [0.15, 0.2) is 10.7 Å². The van der Waals surface area contributed by atoms with Crippen molar-refractivity contribution in [1.29, 1.82) is 0 Å². The van der Waals surface area contributed by atoms with Gasteiger partial charge < -0.3 is 10.1 Å². The molecule has 4 nitrogen and oxygen atoms in total. The molecule has 5 rings (SSSR count). The first-order chi connectivity index (χ1) is 14.8. The number of benzene rings is 1. The number of rotatable bonds is 3. The van der Waals surface area contributed by atoms with E-state index in [0.29, 0.717) is 5.11 Å². The summed E-state index contributed by atoms with van der Waals surface area (Å²) >= 11 is 11.0. The fraction of sp³-hybridized carbons (Fsp3) is 0.500. The third-order valence-corrected chi connectivity index (χ3v) is 9.52. The van der Waals surface area contributed by atoms with Crippen LogP contribution >= 0.6 is 39.5 Å². The van der Waals surface area contributed by atoms with E-state index in [1.54, 1.807) is 23.3 Å². The number of fused-ring (bicyclic) bond motifs is 3. The molecule has 1 amide bonds. The summed E-state index contributed by atoms with van der Waals surface area (Å²) in [6.07, 6.45) is 5.03. The van der Waals surface area contributed by atoms with Gasteiger partial charge in [-0.15, -0.1) is 11.3 Å². The molecule has 1 N–H and O–H groups in total. The standard InChI is InChI=1S/C24H27BrN2O2S2/c1-14(2)27-21(28)24(26-22(27)30)19-10-15(20-11-17(25)13-31-20)4-5-16(19)12-23(24)8-6-18(29-3)7-9-23/h4-5,10-11,13-14,18H,6-9,12H2,1-3H3,(H,26,30). The van der Waals surface area contributed by atoms with Crippen LogP contribution in [-0.4, -0.2) is 35.2 Å². The summed E-state index contributed by atoms with van der Waals surface area (Å²) in [5, 5.41) is 6.26. The number of ether oxygens (including phenoxy) is 1. The first kappa shape index (κ1) is 21.6. The number of nitrogens with zero attached hydrogens (tertiary/aromatic N) is 1. The van der Waals surface area contributed by atoms with Crippen molar-refractivity contribution in [2.45, 2.75) is 63.6 Å². The predicted molar refractivity (Wildman–Crippen MR) is 132 cm³/mol. The van der Waals surface area contributed by atoms with Crippen molar-refractivity contribution in [3.63, 3.8) is 0 Å². The number of thiophene rings is 1. The zero-order valence-corrected chi connectivity index (χ0v) is 21.3. The van der Waals surface area contributed by atoms with Crippen LogP contribution in [0, 0.1) is 5.41 Å². The second kappa shape index (κ2) is 7.65. The minimum atomic E-state index is -0.785. The SMILES string of the molecule is COC1CCC2(CC1)Cc1ccc(-c3cc(Br)cs3)cc1C21NC(=S)N(C(C)C)C1=O. The van der Waals surface area contributed by atoms with E-state index in [1.165, 1.54) is 10.4 Å². The largest absolute Gasteiger partial charge is 0.381 e. The summed E-state index contributed by atoms with van der Waals surface area (Å²) in [4.78, 5) is 17.2. The van der Waals surface area contributed by atoms with Crippen LogP contribution in [-0.2, 0) is 21.5 Å². The lowest BCUT2D eigenvalue weighted by Gasteiger charge is -2.46. The van der Waals surface area contributed by atoms with Crippen LogP contribution in [0.4, 0.5) is 0 Å². The summed E-state index contributed by atoms with van der Waals surface area (Å²) < 4.78 is 6.75. The summed E-state index contributed by atoms with van der Waals surface area (Å²) in [6.45, 7) is 4.07. The van der Waals surface area contributed by atoms with Crippen LogP contribution < -0.4 is 5.32 Å². The zero-order chi connectivity index (χ0) is 22.0. The van der Waals surface area contributed by atoms with Crippen molar-refractivity contribution in [2.24, 2.45) is 5.41 Å². The molecule has 1 saturated heterocycles. The molecule has 1 unspecified atom stereocenters. The van der Waals surface area contributed by atoms with Crippen LogP contribution in [0.3, 0.4) is 0 Å². The second-order valence-corrected chi connectivity index (χ2v) is 11.6. The highest BCUT2D eigenvalue weighted by Crippen LogP contribution is 2.60. The molecular formula is C24H27BrN2O2S2. The molecule has 1 aromatic heterocycles. The van der Waals surface area contributed by atoms with Gasteiger partial charge in [0.2, 0.25) is 0 Å². The van der Waals surface area contributed by atoms with E-state index in [4.69, 9.17) is 17.0 Å². The van der Waals surface area contributed by atoms with Crippen LogP contribution in [0.5, 0.6) is 0 Å². The minimum absolute atomic E-state index is 0.0275. The molecule has 2 heterocycles. The molecule has 2 aromatic rings. The van der Waals surface area contributed by atoms with Crippen LogP contribution in [0.15, 0.2) is 34.1 Å². The lowest BCUT2D eigenvalue weighted by atomic mass is 9.61. The van der Waals surface area contributed by atoms with Crippen molar-refractivity contribution in [3.05, 3.63) is 45.2 Å². The van der Waals surface area contributed by atoms with E-state index >= 15 is 0 Å². The Morgan fingerprint density at radius 2 is 2.03 bits per heavy atom. The quantitative estimate of drug-likeness (QED) is 0.534. The molecular weight excluding hydrogens is 492 g/mol. The van der Waals surface area contributed by atoms with Gasteiger partial charge in [0, 0.05) is 33.3 Å². The van der Waals surface area contributed by atoms with E-state index < -0.39 is 5.54 Å². The molecule has 1 atom stereocenters. The van der Waals surface area contributed by atoms with E-state index in [2.05, 4.69) is 50.9 Å². The third kappa shape index (κ3) is 3.07. The van der Waals surface area contributed by atoms with Gasteiger partial charge >= 0.3 is 0 Å². The van der Waals surface area contributed by atoms with Gasteiger partial charge in [-0.1, -0.05) is 12.1 Å². The van der Waals surface area contributed by atoms with Gasteiger partial charge in [0.25, 0.3) is 5.91 Å². The highest BCUT2D eigenvalue weighted by molar-refractivity contribution is 9.10. The number of methoxy groups -OCH3 is 1. The fourth-order valence-electron chi connectivity index (χ4n) is 5.97. The lowest BCUT2D eigenvalue weighted by Crippen LogP contribution is -2.57. The van der Waals surface area contributed by atoms with Gasteiger partial charge in [0.05, 0.1) is 6.10 Å². The molecule has 1 saturated carbocycles. The molecule has 0 bridgehead atoms. The molecule has 7 heteroatoms. The molecule has 1 aliphatic heterocycles. The van der Waals surface area contributed by atoms with E-state index in [0.717, 1.165) is 47.7 Å². The fourth-order valence-corrected chi connectivity index (χ4v) is 7.84. The number of halogens is 1. The Hall–Kier alpha value is -1.28.